The molecule has 0 saturated heterocycles. The third-order valence-corrected chi connectivity index (χ3v) is 3.90. The minimum atomic E-state index is -0.233. The molecule has 1 unspecified atom stereocenters. The average molecular weight is 378 g/mol. The van der Waals surface area contributed by atoms with Crippen LogP contribution in [-0.4, -0.2) is 19.1 Å². The van der Waals surface area contributed by atoms with Gasteiger partial charge in [0, 0.05) is 16.2 Å². The van der Waals surface area contributed by atoms with Crippen LogP contribution in [0.1, 0.15) is 30.6 Å². The van der Waals surface area contributed by atoms with Crippen LogP contribution in [0, 0.1) is 0 Å². The molecule has 1 atom stereocenters. The summed E-state index contributed by atoms with van der Waals surface area (Å²) in [5.41, 5.74) is 1.15. The van der Waals surface area contributed by atoms with E-state index in [1.807, 2.05) is 37.3 Å². The van der Waals surface area contributed by atoms with Crippen molar-refractivity contribution >= 4 is 27.5 Å². The smallest absolute Gasteiger partial charge is 0.259 e. The number of carbonyl (C=O) groups excluding carboxylic acids is 1. The zero-order valence-electron chi connectivity index (χ0n) is 13.4. The van der Waals surface area contributed by atoms with Crippen LogP contribution in [0.2, 0.25) is 0 Å². The van der Waals surface area contributed by atoms with Gasteiger partial charge >= 0.3 is 0 Å². The molecule has 23 heavy (non-hydrogen) atoms. The summed E-state index contributed by atoms with van der Waals surface area (Å²) in [7, 11) is 1.54. The first-order valence-electron chi connectivity index (χ1n) is 7.45. The van der Waals surface area contributed by atoms with Gasteiger partial charge in [0.05, 0.1) is 18.8 Å². The van der Waals surface area contributed by atoms with Crippen molar-refractivity contribution in [1.82, 2.24) is 0 Å². The summed E-state index contributed by atoms with van der Waals surface area (Å²) < 4.78 is 11.8. The molecule has 4 nitrogen and oxygen atoms in total. The minimum Gasteiger partial charge on any atom is -0.496 e. The monoisotopic (exact) mass is 377 g/mol. The summed E-state index contributed by atoms with van der Waals surface area (Å²) >= 11 is 3.37. The number of nitrogens with one attached hydrogen (secondary N) is 1. The Kier molecular flexibility index (Phi) is 6.04. The summed E-state index contributed by atoms with van der Waals surface area (Å²) in [5.74, 6) is 1.03. The molecule has 0 aromatic heterocycles. The van der Waals surface area contributed by atoms with E-state index in [4.69, 9.17) is 9.47 Å². The molecule has 0 aliphatic heterocycles. The van der Waals surface area contributed by atoms with Crippen molar-refractivity contribution in [3.05, 3.63) is 52.5 Å². The van der Waals surface area contributed by atoms with Gasteiger partial charge in [-0.3, -0.25) is 4.79 Å². The highest BCUT2D eigenvalue weighted by Gasteiger charge is 2.13. The molecule has 122 valence electrons. The summed E-state index contributed by atoms with van der Waals surface area (Å²) in [5, 5.41) is 2.87. The van der Waals surface area contributed by atoms with Gasteiger partial charge in [-0.2, -0.15) is 0 Å². The number of carbonyl (C=O) groups is 1. The van der Waals surface area contributed by atoms with Crippen molar-refractivity contribution in [3.63, 3.8) is 0 Å². The maximum atomic E-state index is 12.5. The second kappa shape index (κ2) is 8.02. The highest BCUT2D eigenvalue weighted by atomic mass is 79.9. The third-order valence-electron chi connectivity index (χ3n) is 3.41. The Morgan fingerprint density at radius 3 is 2.74 bits per heavy atom. The van der Waals surface area contributed by atoms with Gasteiger partial charge in [-0.1, -0.05) is 28.9 Å². The molecule has 0 bridgehead atoms. The molecule has 2 rings (SSSR count). The zero-order chi connectivity index (χ0) is 16.8. The maximum absolute atomic E-state index is 12.5. The lowest BCUT2D eigenvalue weighted by Crippen LogP contribution is -2.14. The second-order valence-corrected chi connectivity index (χ2v) is 6.08. The van der Waals surface area contributed by atoms with Crippen molar-refractivity contribution in [3.8, 4) is 11.5 Å². The van der Waals surface area contributed by atoms with E-state index >= 15 is 0 Å². The SMILES string of the molecule is CCC(C)Oc1cccc(NC(=O)c2cc(Br)ccc2OC)c1. The van der Waals surface area contributed by atoms with Crippen LogP contribution in [0.4, 0.5) is 5.69 Å². The summed E-state index contributed by atoms with van der Waals surface area (Å²) in [6, 6.07) is 12.7. The van der Waals surface area contributed by atoms with Crippen molar-refractivity contribution in [2.24, 2.45) is 0 Å². The molecule has 0 saturated carbocycles. The van der Waals surface area contributed by atoms with Crippen molar-refractivity contribution < 1.29 is 14.3 Å². The second-order valence-electron chi connectivity index (χ2n) is 5.16. The highest BCUT2D eigenvalue weighted by molar-refractivity contribution is 9.10. The van der Waals surface area contributed by atoms with Crippen LogP contribution in [0.15, 0.2) is 46.9 Å². The van der Waals surface area contributed by atoms with Gasteiger partial charge in [0.1, 0.15) is 11.5 Å². The molecule has 5 heteroatoms. The minimum absolute atomic E-state index is 0.131. The van der Waals surface area contributed by atoms with Gasteiger partial charge in [-0.15, -0.1) is 0 Å². The van der Waals surface area contributed by atoms with Crippen molar-refractivity contribution in [2.45, 2.75) is 26.4 Å². The first kappa shape index (κ1) is 17.3. The number of amides is 1. The number of rotatable bonds is 6. The van der Waals surface area contributed by atoms with Gasteiger partial charge in [0.25, 0.3) is 5.91 Å². The molecule has 2 aromatic carbocycles. The topological polar surface area (TPSA) is 47.6 Å². The number of hydrogen-bond donors (Lipinski definition) is 1. The third kappa shape index (κ3) is 4.73. The Balaban J connectivity index is 2.17. The van der Waals surface area contributed by atoms with Crippen LogP contribution in [0.5, 0.6) is 11.5 Å². The Morgan fingerprint density at radius 1 is 1.26 bits per heavy atom. The lowest BCUT2D eigenvalue weighted by atomic mass is 10.2. The molecular weight excluding hydrogens is 358 g/mol. The molecule has 0 aliphatic carbocycles. The predicted octanol–water partition coefficient (Wildman–Crippen LogP) is 4.89. The van der Waals surface area contributed by atoms with E-state index in [-0.39, 0.29) is 12.0 Å². The molecular formula is C18H20BrNO3. The van der Waals surface area contributed by atoms with E-state index in [0.717, 1.165) is 16.6 Å². The Labute approximate surface area is 144 Å². The fourth-order valence-corrected chi connectivity index (χ4v) is 2.38. The van der Waals surface area contributed by atoms with E-state index in [1.54, 1.807) is 19.2 Å². The lowest BCUT2D eigenvalue weighted by Gasteiger charge is -2.14. The number of benzene rings is 2. The Morgan fingerprint density at radius 2 is 2.04 bits per heavy atom. The van der Waals surface area contributed by atoms with Crippen LogP contribution >= 0.6 is 15.9 Å². The van der Waals surface area contributed by atoms with Gasteiger partial charge in [-0.05, 0) is 43.7 Å². The van der Waals surface area contributed by atoms with Crippen LogP contribution in [0.25, 0.3) is 0 Å². The molecule has 0 fully saturated rings. The molecule has 1 N–H and O–H groups in total. The number of methoxy groups -OCH3 is 1. The van der Waals surface area contributed by atoms with E-state index in [2.05, 4.69) is 28.2 Å². The number of halogens is 1. The highest BCUT2D eigenvalue weighted by Crippen LogP contribution is 2.25. The molecule has 0 radical (unpaired) electrons. The zero-order valence-corrected chi connectivity index (χ0v) is 15.0. The number of hydrogen-bond acceptors (Lipinski definition) is 3. The average Bonchev–Trinajstić information content (AvgIpc) is 2.55. The standard InChI is InChI=1S/C18H20BrNO3/c1-4-12(2)23-15-7-5-6-14(11-15)20-18(21)16-10-13(19)8-9-17(16)22-3/h5-12H,4H2,1-3H3,(H,20,21). The molecule has 1 amide bonds. The molecule has 0 heterocycles. The van der Waals surface area contributed by atoms with Crippen LogP contribution < -0.4 is 14.8 Å². The van der Waals surface area contributed by atoms with Crippen molar-refractivity contribution in [2.75, 3.05) is 12.4 Å². The quantitative estimate of drug-likeness (QED) is 0.779. The van der Waals surface area contributed by atoms with Gasteiger partial charge < -0.3 is 14.8 Å². The Hall–Kier alpha value is -2.01. The van der Waals surface area contributed by atoms with Gasteiger partial charge in [0.2, 0.25) is 0 Å². The van der Waals surface area contributed by atoms with Gasteiger partial charge in [-0.25, -0.2) is 0 Å². The molecule has 0 aliphatic rings. The van der Waals surface area contributed by atoms with Crippen molar-refractivity contribution in [1.29, 1.82) is 0 Å². The first-order chi connectivity index (χ1) is 11.0. The van der Waals surface area contributed by atoms with E-state index in [9.17, 15) is 4.79 Å². The maximum Gasteiger partial charge on any atom is 0.259 e. The fourth-order valence-electron chi connectivity index (χ4n) is 2.02. The van der Waals surface area contributed by atoms with E-state index in [0.29, 0.717) is 17.0 Å². The largest absolute Gasteiger partial charge is 0.496 e. The lowest BCUT2D eigenvalue weighted by molar-refractivity contribution is 0.102. The number of anilines is 1. The summed E-state index contributed by atoms with van der Waals surface area (Å²) in [4.78, 5) is 12.5. The van der Waals surface area contributed by atoms with Crippen LogP contribution in [-0.2, 0) is 0 Å². The predicted molar refractivity (Wildman–Crippen MR) is 95.5 cm³/mol. The van der Waals surface area contributed by atoms with E-state index < -0.39 is 0 Å². The van der Waals surface area contributed by atoms with E-state index in [1.165, 1.54) is 0 Å². The Bertz CT molecular complexity index is 688. The first-order valence-corrected chi connectivity index (χ1v) is 8.24. The summed E-state index contributed by atoms with van der Waals surface area (Å²) in [6.45, 7) is 4.08. The number of ether oxygens (including phenoxy) is 2. The normalized spacial score (nSPS) is 11.7. The van der Waals surface area contributed by atoms with Crippen LogP contribution in [0.3, 0.4) is 0 Å². The molecule has 0 spiro atoms. The molecule has 2 aromatic rings. The summed E-state index contributed by atoms with van der Waals surface area (Å²) in [6.07, 6.45) is 1.05. The van der Waals surface area contributed by atoms with Gasteiger partial charge in [0.15, 0.2) is 0 Å². The fraction of sp³-hybridized carbons (Fsp3) is 0.278.